The Kier molecular flexibility index (Phi) is 3.91. The summed E-state index contributed by atoms with van der Waals surface area (Å²) < 4.78 is 0. The van der Waals surface area contributed by atoms with Crippen LogP contribution in [0.3, 0.4) is 0 Å². The Bertz CT molecular complexity index is 614. The highest BCUT2D eigenvalue weighted by Gasteiger charge is 2.09. The van der Waals surface area contributed by atoms with Crippen molar-refractivity contribution in [3.05, 3.63) is 63.7 Å². The minimum absolute atomic E-state index is 0.141. The maximum Gasteiger partial charge on any atom is 0.255 e. The first-order valence-electron chi connectivity index (χ1n) is 6.11. The number of hydrogen-bond acceptors (Lipinski definition) is 1. The van der Waals surface area contributed by atoms with Gasteiger partial charge in [0, 0.05) is 5.56 Å². The van der Waals surface area contributed by atoms with Crippen molar-refractivity contribution < 1.29 is 4.79 Å². The first-order valence-corrected chi connectivity index (χ1v) is 6.49. The summed E-state index contributed by atoms with van der Waals surface area (Å²) in [6.45, 7) is 5.91. The van der Waals surface area contributed by atoms with Crippen LogP contribution in [0.15, 0.2) is 36.4 Å². The predicted molar refractivity (Wildman–Crippen MR) is 80.1 cm³/mol. The number of carbonyl (C=O) groups excluding carboxylic acids is 1. The molecule has 0 bridgehead atoms. The second kappa shape index (κ2) is 5.45. The molecule has 98 valence electrons. The second-order valence-corrected chi connectivity index (χ2v) is 5.22. The molecule has 2 aromatic carbocycles. The number of nitrogens with one attached hydrogen (secondary N) is 1. The van der Waals surface area contributed by atoms with Gasteiger partial charge in [-0.2, -0.15) is 0 Å². The maximum atomic E-state index is 12.2. The predicted octanol–water partition coefficient (Wildman–Crippen LogP) is 4.52. The largest absolute Gasteiger partial charge is 0.321 e. The second-order valence-electron chi connectivity index (χ2n) is 4.81. The Morgan fingerprint density at radius 3 is 2.16 bits per heavy atom. The number of rotatable bonds is 2. The fourth-order valence-corrected chi connectivity index (χ4v) is 2.30. The number of anilines is 1. The Morgan fingerprint density at radius 2 is 1.58 bits per heavy atom. The third-order valence-corrected chi connectivity index (χ3v) is 3.17. The van der Waals surface area contributed by atoms with Crippen LogP contribution in [-0.2, 0) is 0 Å². The fourth-order valence-electron chi connectivity index (χ4n) is 2.02. The van der Waals surface area contributed by atoms with Gasteiger partial charge in [-0.25, -0.2) is 0 Å². The summed E-state index contributed by atoms with van der Waals surface area (Å²) in [6.07, 6.45) is 0. The van der Waals surface area contributed by atoms with Crippen LogP contribution in [0.25, 0.3) is 0 Å². The third-order valence-electron chi connectivity index (χ3n) is 2.86. The van der Waals surface area contributed by atoms with E-state index in [1.54, 1.807) is 0 Å². The van der Waals surface area contributed by atoms with Crippen molar-refractivity contribution >= 4 is 23.2 Å². The van der Waals surface area contributed by atoms with Crippen LogP contribution in [0.5, 0.6) is 0 Å². The van der Waals surface area contributed by atoms with Crippen LogP contribution in [0.2, 0.25) is 5.02 Å². The molecule has 0 spiro atoms. The molecule has 0 aliphatic heterocycles. The molecule has 19 heavy (non-hydrogen) atoms. The van der Waals surface area contributed by atoms with Gasteiger partial charge >= 0.3 is 0 Å². The molecule has 0 radical (unpaired) electrons. The van der Waals surface area contributed by atoms with E-state index in [0.29, 0.717) is 16.3 Å². The Balaban J connectivity index is 2.25. The van der Waals surface area contributed by atoms with E-state index in [1.807, 2.05) is 57.2 Å². The van der Waals surface area contributed by atoms with Crippen LogP contribution >= 0.6 is 11.6 Å². The third kappa shape index (κ3) is 3.36. The monoisotopic (exact) mass is 273 g/mol. The van der Waals surface area contributed by atoms with Gasteiger partial charge in [0.1, 0.15) is 0 Å². The van der Waals surface area contributed by atoms with Gasteiger partial charge in [-0.15, -0.1) is 0 Å². The van der Waals surface area contributed by atoms with Gasteiger partial charge in [-0.05, 0) is 50.6 Å². The molecule has 2 aromatic rings. The summed E-state index contributed by atoms with van der Waals surface area (Å²) in [5.74, 6) is -0.141. The summed E-state index contributed by atoms with van der Waals surface area (Å²) in [7, 11) is 0. The molecule has 0 saturated heterocycles. The Hall–Kier alpha value is -1.80. The molecule has 0 aliphatic rings. The number of carbonyl (C=O) groups is 1. The van der Waals surface area contributed by atoms with E-state index in [-0.39, 0.29) is 5.91 Å². The van der Waals surface area contributed by atoms with Crippen LogP contribution in [0, 0.1) is 20.8 Å². The summed E-state index contributed by atoms with van der Waals surface area (Å²) in [4.78, 5) is 12.2. The minimum atomic E-state index is -0.141. The van der Waals surface area contributed by atoms with E-state index >= 15 is 0 Å². The van der Waals surface area contributed by atoms with Crippen LogP contribution < -0.4 is 5.32 Å². The highest BCUT2D eigenvalue weighted by molar-refractivity contribution is 6.34. The Labute approximate surface area is 118 Å². The van der Waals surface area contributed by atoms with Gasteiger partial charge in [-0.3, -0.25) is 4.79 Å². The van der Waals surface area contributed by atoms with Gasteiger partial charge in [0.05, 0.1) is 10.7 Å². The number of amides is 1. The van der Waals surface area contributed by atoms with Crippen LogP contribution in [0.1, 0.15) is 27.0 Å². The topological polar surface area (TPSA) is 29.1 Å². The summed E-state index contributed by atoms with van der Waals surface area (Å²) in [5, 5.41) is 3.39. The number of hydrogen-bond donors (Lipinski definition) is 1. The summed E-state index contributed by atoms with van der Waals surface area (Å²) in [5.41, 5.74) is 4.49. The lowest BCUT2D eigenvalue weighted by Gasteiger charge is -2.09. The van der Waals surface area contributed by atoms with Gasteiger partial charge in [-0.1, -0.05) is 34.9 Å². The lowest BCUT2D eigenvalue weighted by molar-refractivity contribution is 0.102. The number of aryl methyl sites for hydroxylation is 3. The fraction of sp³-hybridized carbons (Fsp3) is 0.188. The van der Waals surface area contributed by atoms with E-state index in [9.17, 15) is 4.79 Å². The zero-order chi connectivity index (χ0) is 14.0. The van der Waals surface area contributed by atoms with E-state index in [4.69, 9.17) is 11.6 Å². The van der Waals surface area contributed by atoms with Crippen molar-refractivity contribution in [2.24, 2.45) is 0 Å². The van der Waals surface area contributed by atoms with Gasteiger partial charge in [0.15, 0.2) is 0 Å². The molecule has 0 aliphatic carbocycles. The highest BCUT2D eigenvalue weighted by Crippen LogP contribution is 2.23. The normalized spacial score (nSPS) is 10.3. The number of benzene rings is 2. The molecule has 0 fully saturated rings. The first kappa shape index (κ1) is 13.6. The quantitative estimate of drug-likeness (QED) is 0.856. The van der Waals surface area contributed by atoms with Crippen molar-refractivity contribution in [3.63, 3.8) is 0 Å². The van der Waals surface area contributed by atoms with Crippen LogP contribution in [0.4, 0.5) is 5.69 Å². The van der Waals surface area contributed by atoms with E-state index in [1.165, 1.54) is 0 Å². The molecule has 3 heteroatoms. The molecule has 0 unspecified atom stereocenters. The zero-order valence-electron chi connectivity index (χ0n) is 11.3. The molecule has 2 nitrogen and oxygen atoms in total. The molecule has 0 saturated carbocycles. The van der Waals surface area contributed by atoms with Crippen molar-refractivity contribution in [3.8, 4) is 0 Å². The van der Waals surface area contributed by atoms with Crippen LogP contribution in [-0.4, -0.2) is 5.91 Å². The number of halogens is 1. The van der Waals surface area contributed by atoms with E-state index < -0.39 is 0 Å². The SMILES string of the molecule is Cc1cc(C)cc(C(=O)Nc2ccc(C)cc2Cl)c1. The average Bonchev–Trinajstić information content (AvgIpc) is 2.31. The molecule has 1 N–H and O–H groups in total. The smallest absolute Gasteiger partial charge is 0.255 e. The maximum absolute atomic E-state index is 12.2. The van der Waals surface area contributed by atoms with Crippen molar-refractivity contribution in [2.75, 3.05) is 5.32 Å². The lowest BCUT2D eigenvalue weighted by atomic mass is 10.1. The summed E-state index contributed by atoms with van der Waals surface area (Å²) >= 11 is 6.11. The zero-order valence-corrected chi connectivity index (χ0v) is 12.0. The molecular weight excluding hydrogens is 258 g/mol. The van der Waals surface area contributed by atoms with Gasteiger partial charge in [0.2, 0.25) is 0 Å². The first-order chi connectivity index (χ1) is 8.95. The van der Waals surface area contributed by atoms with E-state index in [2.05, 4.69) is 5.32 Å². The molecule has 0 heterocycles. The van der Waals surface area contributed by atoms with Gasteiger partial charge < -0.3 is 5.32 Å². The minimum Gasteiger partial charge on any atom is -0.321 e. The molecule has 1 amide bonds. The average molecular weight is 274 g/mol. The van der Waals surface area contributed by atoms with Gasteiger partial charge in [0.25, 0.3) is 5.91 Å². The molecular formula is C16H16ClNO. The molecule has 0 aromatic heterocycles. The molecule has 2 rings (SSSR count). The van der Waals surface area contributed by atoms with Crippen molar-refractivity contribution in [1.82, 2.24) is 0 Å². The standard InChI is InChI=1S/C16H16ClNO/c1-10-4-5-15(14(17)9-10)18-16(19)13-7-11(2)6-12(3)8-13/h4-9H,1-3H3,(H,18,19). The highest BCUT2D eigenvalue weighted by atomic mass is 35.5. The summed E-state index contributed by atoms with van der Waals surface area (Å²) in [6, 6.07) is 11.3. The lowest BCUT2D eigenvalue weighted by Crippen LogP contribution is -2.12. The van der Waals surface area contributed by atoms with E-state index in [0.717, 1.165) is 16.7 Å². The Morgan fingerprint density at radius 1 is 0.947 bits per heavy atom. The van der Waals surface area contributed by atoms with Crippen molar-refractivity contribution in [2.45, 2.75) is 20.8 Å². The van der Waals surface area contributed by atoms with Crippen molar-refractivity contribution in [1.29, 1.82) is 0 Å². The molecule has 0 atom stereocenters.